The Morgan fingerprint density at radius 3 is 1.52 bits per heavy atom. The normalized spacial score (nSPS) is 14.1. The van der Waals surface area contributed by atoms with Gasteiger partial charge < -0.3 is 27.9 Å². The zero-order valence-corrected chi connectivity index (χ0v) is 36.8. The van der Waals surface area contributed by atoms with Crippen molar-refractivity contribution >= 4 is 13.8 Å². The molecular weight excluding hydrogens is 697 g/mol. The predicted molar refractivity (Wildman–Crippen MR) is 227 cm³/mol. The molecular formula is C45H86NO7P. The van der Waals surface area contributed by atoms with Crippen molar-refractivity contribution in [2.75, 3.05) is 54.1 Å². The summed E-state index contributed by atoms with van der Waals surface area (Å²) in [6, 6.07) is 0. The molecule has 0 heterocycles. The van der Waals surface area contributed by atoms with Gasteiger partial charge in [0.25, 0.3) is 7.82 Å². The summed E-state index contributed by atoms with van der Waals surface area (Å²) < 4.78 is 34.6. The van der Waals surface area contributed by atoms with E-state index < -0.39 is 13.9 Å². The molecule has 2 atom stereocenters. The lowest BCUT2D eigenvalue weighted by molar-refractivity contribution is -0.870. The van der Waals surface area contributed by atoms with Gasteiger partial charge in [0.1, 0.15) is 19.3 Å². The van der Waals surface area contributed by atoms with Crippen LogP contribution in [0.15, 0.2) is 36.5 Å². The minimum atomic E-state index is -4.52. The molecule has 2 unspecified atom stereocenters. The van der Waals surface area contributed by atoms with Crippen LogP contribution in [-0.4, -0.2) is 70.7 Å². The third-order valence-corrected chi connectivity index (χ3v) is 10.4. The van der Waals surface area contributed by atoms with Gasteiger partial charge in [-0.2, -0.15) is 0 Å². The summed E-state index contributed by atoms with van der Waals surface area (Å²) in [6.45, 7) is 5.35. The van der Waals surface area contributed by atoms with Gasteiger partial charge in [-0.1, -0.05) is 147 Å². The number of quaternary nitrogens is 1. The fraction of sp³-hybridized carbons (Fsp3) is 0.844. The molecule has 0 aromatic carbocycles. The minimum Gasteiger partial charge on any atom is -0.756 e. The number of phosphoric ester groups is 1. The Hall–Kier alpha value is -1.28. The van der Waals surface area contributed by atoms with Crippen LogP contribution < -0.4 is 4.89 Å². The molecule has 0 aromatic heterocycles. The van der Waals surface area contributed by atoms with Crippen molar-refractivity contribution in [1.29, 1.82) is 0 Å². The van der Waals surface area contributed by atoms with Gasteiger partial charge in [0.05, 0.1) is 34.4 Å². The van der Waals surface area contributed by atoms with Crippen LogP contribution in [0.5, 0.6) is 0 Å². The first-order valence-electron chi connectivity index (χ1n) is 22.2. The molecule has 0 saturated carbocycles. The molecule has 0 rings (SSSR count). The van der Waals surface area contributed by atoms with Gasteiger partial charge >= 0.3 is 5.97 Å². The van der Waals surface area contributed by atoms with E-state index in [1.54, 1.807) is 0 Å². The van der Waals surface area contributed by atoms with Crippen LogP contribution in [0, 0.1) is 0 Å². The fourth-order valence-electron chi connectivity index (χ4n) is 5.92. The van der Waals surface area contributed by atoms with Crippen LogP contribution in [0.3, 0.4) is 0 Å². The molecule has 54 heavy (non-hydrogen) atoms. The summed E-state index contributed by atoms with van der Waals surface area (Å²) in [5.41, 5.74) is 0. The quantitative estimate of drug-likeness (QED) is 0.0200. The molecule has 0 fully saturated rings. The highest BCUT2D eigenvalue weighted by Crippen LogP contribution is 2.38. The van der Waals surface area contributed by atoms with Gasteiger partial charge in [-0.15, -0.1) is 0 Å². The summed E-state index contributed by atoms with van der Waals surface area (Å²) in [6.07, 6.45) is 44.4. The van der Waals surface area contributed by atoms with E-state index in [4.69, 9.17) is 18.5 Å². The van der Waals surface area contributed by atoms with Gasteiger partial charge in [0, 0.05) is 13.0 Å². The highest BCUT2D eigenvalue weighted by atomic mass is 31.2. The van der Waals surface area contributed by atoms with Crippen LogP contribution in [0.25, 0.3) is 0 Å². The van der Waals surface area contributed by atoms with E-state index in [0.29, 0.717) is 24.1 Å². The van der Waals surface area contributed by atoms with Gasteiger partial charge in [0.15, 0.2) is 0 Å². The Labute approximate surface area is 334 Å². The number of esters is 1. The lowest BCUT2D eigenvalue weighted by Gasteiger charge is -2.28. The number of likely N-dealkylation sites (N-methyl/N-ethyl adjacent to an activating group) is 1. The number of allylic oxidation sites excluding steroid dienone is 6. The number of unbranched alkanes of at least 4 members (excludes halogenated alkanes) is 21. The summed E-state index contributed by atoms with van der Waals surface area (Å²) in [4.78, 5) is 25.0. The molecule has 8 nitrogen and oxygen atoms in total. The topological polar surface area (TPSA) is 94.1 Å². The van der Waals surface area contributed by atoms with Crippen LogP contribution in [0.4, 0.5) is 0 Å². The van der Waals surface area contributed by atoms with Gasteiger partial charge in [-0.05, 0) is 70.6 Å². The second-order valence-corrected chi connectivity index (χ2v) is 17.5. The number of nitrogens with zero attached hydrogens (tertiary/aromatic N) is 1. The van der Waals surface area contributed by atoms with E-state index in [1.165, 1.54) is 116 Å². The molecule has 0 saturated heterocycles. The van der Waals surface area contributed by atoms with Crippen molar-refractivity contribution in [3.05, 3.63) is 36.5 Å². The molecule has 0 spiro atoms. The van der Waals surface area contributed by atoms with E-state index in [0.717, 1.165) is 51.4 Å². The Morgan fingerprint density at radius 1 is 0.574 bits per heavy atom. The second-order valence-electron chi connectivity index (χ2n) is 16.0. The third kappa shape index (κ3) is 41.9. The van der Waals surface area contributed by atoms with Crippen molar-refractivity contribution in [2.45, 2.75) is 193 Å². The largest absolute Gasteiger partial charge is 0.756 e. The van der Waals surface area contributed by atoms with Crippen LogP contribution in [0.2, 0.25) is 0 Å². The van der Waals surface area contributed by atoms with Crippen LogP contribution >= 0.6 is 7.82 Å². The summed E-state index contributed by atoms with van der Waals surface area (Å²) in [5, 5.41) is 0. The van der Waals surface area contributed by atoms with E-state index in [2.05, 4.69) is 50.3 Å². The average molecular weight is 784 g/mol. The first kappa shape index (κ1) is 52.7. The van der Waals surface area contributed by atoms with Crippen molar-refractivity contribution < 1.29 is 37.3 Å². The standard InChI is InChI=1S/C45H86NO7P/c1-6-8-10-12-14-16-18-20-21-22-23-24-25-26-27-29-31-33-35-37-40-50-42-44(43-52-54(48,49)51-41-39-46(3,4)5)53-45(47)38-36-34-32-30-28-19-17-15-13-11-9-7-2/h14-17,20-21,44H,6-13,18-19,22-43H2,1-5H3/b16-14-,17-15-,21-20-. The number of hydrogen-bond donors (Lipinski definition) is 0. The monoisotopic (exact) mass is 784 g/mol. The maximum Gasteiger partial charge on any atom is 0.306 e. The Kier molecular flexibility index (Phi) is 37.7. The zero-order chi connectivity index (χ0) is 39.9. The van der Waals surface area contributed by atoms with Crippen molar-refractivity contribution in [3.63, 3.8) is 0 Å². The highest BCUT2D eigenvalue weighted by molar-refractivity contribution is 7.45. The Morgan fingerprint density at radius 2 is 1.02 bits per heavy atom. The second kappa shape index (κ2) is 38.6. The summed E-state index contributed by atoms with van der Waals surface area (Å²) in [5.74, 6) is -0.345. The van der Waals surface area contributed by atoms with Crippen LogP contribution in [-0.2, 0) is 27.9 Å². The number of rotatable bonds is 41. The maximum absolute atomic E-state index is 12.6. The van der Waals surface area contributed by atoms with Crippen LogP contribution in [0.1, 0.15) is 187 Å². The predicted octanol–water partition coefficient (Wildman–Crippen LogP) is 12.4. The molecule has 0 N–H and O–H groups in total. The smallest absolute Gasteiger partial charge is 0.306 e. The van der Waals surface area contributed by atoms with E-state index in [9.17, 15) is 14.3 Å². The zero-order valence-electron chi connectivity index (χ0n) is 35.9. The molecule has 0 aliphatic carbocycles. The molecule has 0 amide bonds. The third-order valence-electron chi connectivity index (χ3n) is 9.41. The molecule has 0 aliphatic rings. The molecule has 318 valence electrons. The molecule has 0 aliphatic heterocycles. The Bertz CT molecular complexity index is 962. The van der Waals surface area contributed by atoms with Crippen molar-refractivity contribution in [1.82, 2.24) is 0 Å². The minimum absolute atomic E-state index is 0.0239. The van der Waals surface area contributed by atoms with Crippen molar-refractivity contribution in [3.8, 4) is 0 Å². The molecule has 9 heteroatoms. The molecule has 0 radical (unpaired) electrons. The summed E-state index contributed by atoms with van der Waals surface area (Å²) in [7, 11) is 1.35. The van der Waals surface area contributed by atoms with E-state index in [-0.39, 0.29) is 25.8 Å². The number of carbonyl (C=O) groups excluding carboxylic acids is 1. The number of carbonyl (C=O) groups is 1. The molecule has 0 aromatic rings. The first-order chi connectivity index (χ1) is 26.1. The lowest BCUT2D eigenvalue weighted by atomic mass is 10.1. The first-order valence-corrected chi connectivity index (χ1v) is 23.7. The van der Waals surface area contributed by atoms with Gasteiger partial charge in [0.2, 0.25) is 0 Å². The Balaban J connectivity index is 4.18. The van der Waals surface area contributed by atoms with Gasteiger partial charge in [-0.25, -0.2) is 0 Å². The summed E-state index contributed by atoms with van der Waals surface area (Å²) >= 11 is 0. The van der Waals surface area contributed by atoms with E-state index >= 15 is 0 Å². The average Bonchev–Trinajstić information content (AvgIpc) is 3.12. The number of hydrogen-bond acceptors (Lipinski definition) is 7. The maximum atomic E-state index is 12.6. The number of ether oxygens (including phenoxy) is 2. The lowest BCUT2D eigenvalue weighted by Crippen LogP contribution is -2.37. The molecule has 0 bridgehead atoms. The number of phosphoric acid groups is 1. The van der Waals surface area contributed by atoms with Crippen molar-refractivity contribution in [2.24, 2.45) is 0 Å². The fourth-order valence-corrected chi connectivity index (χ4v) is 6.65. The van der Waals surface area contributed by atoms with Gasteiger partial charge in [-0.3, -0.25) is 9.36 Å². The highest BCUT2D eigenvalue weighted by Gasteiger charge is 2.20. The van der Waals surface area contributed by atoms with E-state index in [1.807, 2.05) is 21.1 Å². The SMILES string of the molecule is CCCCC/C=C\C/C=C\CCCCCCCCCCCCOCC(COP(=O)([O-])OCC[N+](C)(C)C)OC(=O)CCCCCCC/C=C\CCCCC.